The first-order valence-corrected chi connectivity index (χ1v) is 7.75. The molecule has 0 saturated carbocycles. The van der Waals surface area contributed by atoms with Gasteiger partial charge in [0.25, 0.3) is 10.0 Å². The molecule has 6 nitrogen and oxygen atoms in total. The van der Waals surface area contributed by atoms with Crippen molar-refractivity contribution in [2.24, 2.45) is 0 Å². The van der Waals surface area contributed by atoms with E-state index >= 15 is 0 Å². The number of benzene rings is 1. The van der Waals surface area contributed by atoms with Crippen molar-refractivity contribution in [3.8, 4) is 0 Å². The number of hydrogen-bond donors (Lipinski definition) is 1. The second-order valence-corrected chi connectivity index (χ2v) is 6.22. The zero-order valence-corrected chi connectivity index (χ0v) is 12.1. The van der Waals surface area contributed by atoms with Gasteiger partial charge in [0, 0.05) is 23.2 Å². The maximum atomic E-state index is 12.5. The second kappa shape index (κ2) is 5.27. The Morgan fingerprint density at radius 2 is 1.90 bits per heavy atom. The number of hydrogen-bond acceptors (Lipinski definition) is 5. The summed E-state index contributed by atoms with van der Waals surface area (Å²) in [5.41, 5.74) is 0. The van der Waals surface area contributed by atoms with Crippen molar-refractivity contribution in [1.29, 1.82) is 0 Å². The number of aromatic nitrogens is 3. The Labute approximate surface area is 125 Å². The molecule has 0 aliphatic carbocycles. The molecule has 0 aliphatic rings. The summed E-state index contributed by atoms with van der Waals surface area (Å²) < 4.78 is 27.3. The first-order chi connectivity index (χ1) is 10.1. The molecule has 0 aliphatic heterocycles. The minimum absolute atomic E-state index is 0.102. The molecule has 1 N–H and O–H groups in total. The van der Waals surface area contributed by atoms with Gasteiger partial charge in [0.2, 0.25) is 0 Å². The van der Waals surface area contributed by atoms with Crippen LogP contribution in [-0.2, 0) is 10.0 Å². The van der Waals surface area contributed by atoms with Crippen molar-refractivity contribution < 1.29 is 8.42 Å². The van der Waals surface area contributed by atoms with E-state index in [0.29, 0.717) is 5.39 Å². The van der Waals surface area contributed by atoms with Crippen LogP contribution in [0.2, 0.25) is 5.15 Å². The molecule has 8 heteroatoms. The average Bonchev–Trinajstić information content (AvgIpc) is 2.49. The maximum Gasteiger partial charge on any atom is 0.263 e. The highest BCUT2D eigenvalue weighted by molar-refractivity contribution is 7.93. The largest absolute Gasteiger partial charge is 0.264 e. The minimum atomic E-state index is -3.78. The number of sulfonamides is 1. The fourth-order valence-corrected chi connectivity index (χ4v) is 3.21. The van der Waals surface area contributed by atoms with E-state index in [9.17, 15) is 8.42 Å². The van der Waals surface area contributed by atoms with Gasteiger partial charge in [0.05, 0.1) is 17.3 Å². The summed E-state index contributed by atoms with van der Waals surface area (Å²) in [4.78, 5) is 11.8. The fraction of sp³-hybridized carbons (Fsp3) is 0. The highest BCUT2D eigenvalue weighted by atomic mass is 35.5. The van der Waals surface area contributed by atoms with E-state index in [-0.39, 0.29) is 15.9 Å². The van der Waals surface area contributed by atoms with Crippen LogP contribution in [0.1, 0.15) is 0 Å². The molecule has 2 aromatic heterocycles. The number of rotatable bonds is 3. The van der Waals surface area contributed by atoms with Gasteiger partial charge in [-0.3, -0.25) is 9.71 Å². The zero-order chi connectivity index (χ0) is 14.9. The Hall–Kier alpha value is -2.25. The Kier molecular flexibility index (Phi) is 3.44. The maximum absolute atomic E-state index is 12.5. The first kappa shape index (κ1) is 13.7. The average molecular weight is 321 g/mol. The van der Waals surface area contributed by atoms with Gasteiger partial charge in [-0.25, -0.2) is 18.4 Å². The Bertz CT molecular complexity index is 892. The molecular formula is C13H9ClN4O2S. The summed E-state index contributed by atoms with van der Waals surface area (Å²) in [7, 11) is -3.78. The highest BCUT2D eigenvalue weighted by Gasteiger charge is 2.18. The van der Waals surface area contributed by atoms with E-state index in [2.05, 4.69) is 19.7 Å². The number of pyridine rings is 1. The van der Waals surface area contributed by atoms with E-state index in [1.54, 1.807) is 30.6 Å². The Morgan fingerprint density at radius 1 is 1.05 bits per heavy atom. The SMILES string of the molecule is O=S(=O)(Nc1cnc(Cl)cn1)c1cccc2cnccc12. The molecular weight excluding hydrogens is 312 g/mol. The predicted molar refractivity (Wildman–Crippen MR) is 79.6 cm³/mol. The minimum Gasteiger partial charge on any atom is -0.264 e. The molecule has 3 rings (SSSR count). The van der Waals surface area contributed by atoms with Crippen LogP contribution >= 0.6 is 11.6 Å². The lowest BCUT2D eigenvalue weighted by Gasteiger charge is -2.09. The summed E-state index contributed by atoms with van der Waals surface area (Å²) >= 11 is 5.62. The van der Waals surface area contributed by atoms with Crippen LogP contribution in [0.25, 0.3) is 10.8 Å². The van der Waals surface area contributed by atoms with Crippen molar-refractivity contribution in [2.75, 3.05) is 4.72 Å². The van der Waals surface area contributed by atoms with Crippen molar-refractivity contribution in [3.05, 3.63) is 54.2 Å². The van der Waals surface area contributed by atoms with Crippen molar-refractivity contribution >= 4 is 38.2 Å². The highest BCUT2D eigenvalue weighted by Crippen LogP contribution is 2.23. The van der Waals surface area contributed by atoms with Crippen LogP contribution in [0.15, 0.2) is 53.9 Å². The molecule has 3 aromatic rings. The lowest BCUT2D eigenvalue weighted by molar-refractivity contribution is 0.602. The lowest BCUT2D eigenvalue weighted by Crippen LogP contribution is -2.14. The third-order valence-corrected chi connectivity index (χ3v) is 4.40. The van der Waals surface area contributed by atoms with Crippen LogP contribution in [0, 0.1) is 0 Å². The van der Waals surface area contributed by atoms with Crippen LogP contribution < -0.4 is 4.72 Å². The van der Waals surface area contributed by atoms with Gasteiger partial charge in [-0.1, -0.05) is 23.7 Å². The molecule has 0 spiro atoms. The second-order valence-electron chi connectivity index (χ2n) is 4.18. The molecule has 0 amide bonds. The van der Waals surface area contributed by atoms with E-state index in [4.69, 9.17) is 11.6 Å². The van der Waals surface area contributed by atoms with Gasteiger partial charge in [-0.05, 0) is 12.1 Å². The third-order valence-electron chi connectivity index (χ3n) is 2.79. The summed E-state index contributed by atoms with van der Waals surface area (Å²) in [6.45, 7) is 0. The molecule has 1 aromatic carbocycles. The topological polar surface area (TPSA) is 84.8 Å². The summed E-state index contributed by atoms with van der Waals surface area (Å²) in [5, 5.41) is 1.51. The molecule has 0 unspecified atom stereocenters. The fourth-order valence-electron chi connectivity index (χ4n) is 1.88. The smallest absolute Gasteiger partial charge is 0.263 e. The first-order valence-electron chi connectivity index (χ1n) is 5.89. The van der Waals surface area contributed by atoms with E-state index in [1.807, 2.05) is 0 Å². The van der Waals surface area contributed by atoms with Gasteiger partial charge in [-0.2, -0.15) is 0 Å². The van der Waals surface area contributed by atoms with Gasteiger partial charge in [0.1, 0.15) is 5.15 Å². The standard InChI is InChI=1S/C13H9ClN4O2S/c14-12-7-17-13(8-16-12)18-21(19,20)11-3-1-2-9-6-15-5-4-10(9)11/h1-8H,(H,17,18). The van der Waals surface area contributed by atoms with Crippen LogP contribution in [-0.4, -0.2) is 23.4 Å². The third kappa shape index (κ3) is 2.79. The predicted octanol–water partition coefficient (Wildman–Crippen LogP) is 2.48. The summed E-state index contributed by atoms with van der Waals surface area (Å²) in [6.07, 6.45) is 5.68. The number of fused-ring (bicyclic) bond motifs is 1. The Balaban J connectivity index is 2.06. The zero-order valence-electron chi connectivity index (χ0n) is 10.6. The normalized spacial score (nSPS) is 11.5. The van der Waals surface area contributed by atoms with Gasteiger partial charge >= 0.3 is 0 Å². The van der Waals surface area contributed by atoms with Gasteiger partial charge in [-0.15, -0.1) is 0 Å². The van der Waals surface area contributed by atoms with E-state index in [1.165, 1.54) is 18.5 Å². The monoisotopic (exact) mass is 320 g/mol. The molecule has 0 radical (unpaired) electrons. The number of halogens is 1. The molecule has 2 heterocycles. The number of nitrogens with one attached hydrogen (secondary N) is 1. The van der Waals surface area contributed by atoms with Gasteiger partial charge in [0.15, 0.2) is 5.82 Å². The van der Waals surface area contributed by atoms with Crippen LogP contribution in [0.5, 0.6) is 0 Å². The molecule has 0 saturated heterocycles. The summed E-state index contributed by atoms with van der Waals surface area (Å²) in [6, 6.07) is 6.63. The quantitative estimate of drug-likeness (QED) is 0.801. The van der Waals surface area contributed by atoms with Crippen molar-refractivity contribution in [2.45, 2.75) is 4.90 Å². The molecule has 0 atom stereocenters. The molecule has 0 fully saturated rings. The molecule has 0 bridgehead atoms. The molecule has 106 valence electrons. The van der Waals surface area contributed by atoms with Crippen LogP contribution in [0.4, 0.5) is 5.82 Å². The number of anilines is 1. The Morgan fingerprint density at radius 3 is 2.67 bits per heavy atom. The molecule has 21 heavy (non-hydrogen) atoms. The van der Waals surface area contributed by atoms with Gasteiger partial charge < -0.3 is 0 Å². The number of nitrogens with zero attached hydrogens (tertiary/aromatic N) is 3. The van der Waals surface area contributed by atoms with E-state index < -0.39 is 10.0 Å². The van der Waals surface area contributed by atoms with Crippen molar-refractivity contribution in [1.82, 2.24) is 15.0 Å². The summed E-state index contributed by atoms with van der Waals surface area (Å²) in [5.74, 6) is 0.102. The van der Waals surface area contributed by atoms with E-state index in [0.717, 1.165) is 5.39 Å². The van der Waals surface area contributed by atoms with Crippen LogP contribution in [0.3, 0.4) is 0 Å². The van der Waals surface area contributed by atoms with Crippen molar-refractivity contribution in [3.63, 3.8) is 0 Å². The lowest BCUT2D eigenvalue weighted by atomic mass is 10.2.